The summed E-state index contributed by atoms with van der Waals surface area (Å²) in [6.45, 7) is 0.486. The van der Waals surface area contributed by atoms with Crippen LogP contribution in [0.15, 0.2) is 34.9 Å². The van der Waals surface area contributed by atoms with E-state index in [1.165, 1.54) is 0 Å². The standard InChI is InChI=1S/C24H24BrN9O6S2/c25-14-8-28-21(32-18(14)26-5-2-6-27-19(36)15-10-41-22(38)30-15)29-12-3-1-4-13(7-12)34-17(35)9-33(24(34)40)20(37)16-11-42-23(39)31-16/h1,3-4,7-8,15-16H,2,5-6,9-11H2,(H,27,36)(H,30,38)(H,31,39)(H2,26,28,29,32)/t15?,16-/m0/s1. The van der Waals surface area contributed by atoms with E-state index in [1.807, 2.05) is 0 Å². The molecule has 4 heterocycles. The molecule has 3 aliphatic heterocycles. The molecule has 3 saturated heterocycles. The molecule has 0 saturated carbocycles. The van der Waals surface area contributed by atoms with Gasteiger partial charge in [0.15, 0.2) is 0 Å². The average Bonchev–Trinajstić information content (AvgIpc) is 3.68. The minimum absolute atomic E-state index is 0.191. The lowest BCUT2D eigenvalue weighted by molar-refractivity contribution is -0.131. The van der Waals surface area contributed by atoms with Crippen molar-refractivity contribution in [1.29, 1.82) is 0 Å². The quantitative estimate of drug-likeness (QED) is 0.181. The molecule has 0 aliphatic carbocycles. The zero-order chi connectivity index (χ0) is 29.8. The molecule has 1 aromatic carbocycles. The van der Waals surface area contributed by atoms with E-state index >= 15 is 0 Å². The van der Waals surface area contributed by atoms with Gasteiger partial charge in [-0.3, -0.25) is 28.9 Å². The van der Waals surface area contributed by atoms with E-state index in [1.54, 1.807) is 30.5 Å². The smallest absolute Gasteiger partial charge is 0.338 e. The summed E-state index contributed by atoms with van der Waals surface area (Å²) in [5, 5.41) is 13.5. The third-order valence-electron chi connectivity index (χ3n) is 6.24. The molecule has 1 aromatic heterocycles. The van der Waals surface area contributed by atoms with Gasteiger partial charge in [0.1, 0.15) is 24.4 Å². The number of rotatable bonds is 10. The number of urea groups is 1. The van der Waals surface area contributed by atoms with Crippen molar-refractivity contribution in [2.45, 2.75) is 18.5 Å². The van der Waals surface area contributed by atoms with E-state index in [4.69, 9.17) is 0 Å². The van der Waals surface area contributed by atoms with E-state index < -0.39 is 36.5 Å². The summed E-state index contributed by atoms with van der Waals surface area (Å²) >= 11 is 5.44. The van der Waals surface area contributed by atoms with Gasteiger partial charge in [-0.05, 0) is 40.5 Å². The van der Waals surface area contributed by atoms with Crippen LogP contribution in [0.4, 0.5) is 37.5 Å². The first-order chi connectivity index (χ1) is 20.2. The number of hydrogen-bond acceptors (Lipinski definition) is 12. The van der Waals surface area contributed by atoms with E-state index in [0.717, 1.165) is 33.3 Å². The van der Waals surface area contributed by atoms with Crippen LogP contribution >= 0.6 is 39.5 Å². The minimum atomic E-state index is -0.858. The van der Waals surface area contributed by atoms with Crippen molar-refractivity contribution in [2.24, 2.45) is 0 Å². The Morgan fingerprint density at radius 2 is 1.79 bits per heavy atom. The highest BCUT2D eigenvalue weighted by atomic mass is 79.9. The molecule has 0 radical (unpaired) electrons. The van der Waals surface area contributed by atoms with E-state index in [-0.39, 0.29) is 33.8 Å². The molecular weight excluding hydrogens is 654 g/mol. The fraction of sp³-hybridized carbons (Fsp3) is 0.333. The molecule has 15 nitrogen and oxygen atoms in total. The van der Waals surface area contributed by atoms with Crippen molar-refractivity contribution < 1.29 is 28.8 Å². The lowest BCUT2D eigenvalue weighted by Crippen LogP contribution is -2.47. The van der Waals surface area contributed by atoms with E-state index in [0.29, 0.717) is 41.2 Å². The van der Waals surface area contributed by atoms with Crippen molar-refractivity contribution in [3.8, 4) is 0 Å². The maximum atomic E-state index is 13.0. The third-order valence-corrected chi connectivity index (χ3v) is 8.58. The van der Waals surface area contributed by atoms with Gasteiger partial charge >= 0.3 is 6.03 Å². The molecule has 2 aromatic rings. The van der Waals surface area contributed by atoms with Crippen LogP contribution < -0.4 is 31.5 Å². The number of benzene rings is 1. The molecule has 1 unspecified atom stereocenters. The van der Waals surface area contributed by atoms with Gasteiger partial charge in [0.25, 0.3) is 22.3 Å². The number of amides is 7. The van der Waals surface area contributed by atoms with Gasteiger partial charge < -0.3 is 26.6 Å². The highest BCUT2D eigenvalue weighted by Gasteiger charge is 2.44. The zero-order valence-corrected chi connectivity index (χ0v) is 24.9. The predicted octanol–water partition coefficient (Wildman–Crippen LogP) is 1.85. The minimum Gasteiger partial charge on any atom is -0.369 e. The van der Waals surface area contributed by atoms with Crippen molar-refractivity contribution in [3.05, 3.63) is 34.9 Å². The van der Waals surface area contributed by atoms with Crippen molar-refractivity contribution in [1.82, 2.24) is 30.8 Å². The van der Waals surface area contributed by atoms with Gasteiger partial charge in [0, 0.05) is 36.5 Å². The normalized spacial score (nSPS) is 20.0. The largest absolute Gasteiger partial charge is 0.369 e. The number of hydrogen-bond donors (Lipinski definition) is 5. The summed E-state index contributed by atoms with van der Waals surface area (Å²) in [5.74, 6) is -0.0674. The van der Waals surface area contributed by atoms with Crippen molar-refractivity contribution in [3.63, 3.8) is 0 Å². The summed E-state index contributed by atoms with van der Waals surface area (Å²) in [5.41, 5.74) is 0.744. The van der Waals surface area contributed by atoms with Crippen molar-refractivity contribution >= 4 is 96.8 Å². The third kappa shape index (κ3) is 6.76. The Bertz CT molecular complexity index is 1460. The summed E-state index contributed by atoms with van der Waals surface area (Å²) < 4.78 is 0.617. The highest BCUT2D eigenvalue weighted by molar-refractivity contribution is 9.10. The summed E-state index contributed by atoms with van der Waals surface area (Å²) in [7, 11) is 0. The molecule has 7 amide bonds. The van der Waals surface area contributed by atoms with Gasteiger partial charge in [0.05, 0.1) is 10.2 Å². The molecule has 2 atom stereocenters. The summed E-state index contributed by atoms with van der Waals surface area (Å²) in [6.07, 6.45) is 2.16. The van der Waals surface area contributed by atoms with Crippen LogP contribution in [0, 0.1) is 0 Å². The molecule has 3 aliphatic rings. The van der Waals surface area contributed by atoms with Crippen LogP contribution in [-0.4, -0.2) is 92.3 Å². The molecule has 3 fully saturated rings. The number of thioether (sulfide) groups is 2. The molecule has 0 spiro atoms. The Balaban J connectivity index is 1.16. The predicted molar refractivity (Wildman–Crippen MR) is 160 cm³/mol. The second kappa shape index (κ2) is 13.0. The Hall–Kier alpha value is -3.90. The Morgan fingerprint density at radius 1 is 1.05 bits per heavy atom. The fourth-order valence-electron chi connectivity index (χ4n) is 4.19. The van der Waals surface area contributed by atoms with Crippen LogP contribution in [-0.2, 0) is 14.4 Å². The Kier molecular flexibility index (Phi) is 9.12. The topological polar surface area (TPSA) is 195 Å². The molecule has 5 rings (SSSR count). The summed E-state index contributed by atoms with van der Waals surface area (Å²) in [4.78, 5) is 83.7. The van der Waals surface area contributed by atoms with Crippen LogP contribution in [0.2, 0.25) is 0 Å². The molecular formula is C24H24BrN9O6S2. The lowest BCUT2D eigenvalue weighted by atomic mass is 10.2. The molecule has 18 heteroatoms. The highest BCUT2D eigenvalue weighted by Crippen LogP contribution is 2.28. The Labute approximate surface area is 255 Å². The first-order valence-corrected chi connectivity index (χ1v) is 15.4. The molecule has 0 bridgehead atoms. The zero-order valence-electron chi connectivity index (χ0n) is 21.7. The van der Waals surface area contributed by atoms with Crippen molar-refractivity contribution in [2.75, 3.05) is 46.7 Å². The Morgan fingerprint density at radius 3 is 2.50 bits per heavy atom. The monoisotopic (exact) mass is 677 g/mol. The maximum absolute atomic E-state index is 13.0. The summed E-state index contributed by atoms with van der Waals surface area (Å²) in [6, 6.07) is 4.31. The van der Waals surface area contributed by atoms with Gasteiger partial charge in [-0.2, -0.15) is 4.98 Å². The van der Waals surface area contributed by atoms with Crippen LogP contribution in [0.1, 0.15) is 6.42 Å². The van der Waals surface area contributed by atoms with E-state index in [9.17, 15) is 28.8 Å². The number of nitrogens with one attached hydrogen (secondary N) is 5. The van der Waals surface area contributed by atoms with Crippen LogP contribution in [0.25, 0.3) is 0 Å². The lowest BCUT2D eigenvalue weighted by Gasteiger charge is -2.19. The number of carbonyl (C=O) groups excluding carboxylic acids is 6. The van der Waals surface area contributed by atoms with Crippen LogP contribution in [0.5, 0.6) is 0 Å². The second-order valence-corrected chi connectivity index (χ2v) is 12.0. The number of halogens is 1. The number of carbonyl (C=O) groups is 6. The van der Waals surface area contributed by atoms with Gasteiger partial charge in [0.2, 0.25) is 11.9 Å². The average molecular weight is 679 g/mol. The molecule has 42 heavy (non-hydrogen) atoms. The van der Waals surface area contributed by atoms with Gasteiger partial charge in [-0.15, -0.1) is 0 Å². The first-order valence-electron chi connectivity index (χ1n) is 12.7. The molecule has 220 valence electrons. The van der Waals surface area contributed by atoms with Gasteiger partial charge in [-0.1, -0.05) is 29.6 Å². The first kappa shape index (κ1) is 29.6. The SMILES string of the molecule is O=C1NC(C(=O)NCCCNc2nc(Nc3cccc(N4C(=O)CN(C(=O)[C@@H]5CSC(=O)N5)C4=O)c3)ncc2Br)CS1. The number of nitrogens with zero attached hydrogens (tertiary/aromatic N) is 4. The number of anilines is 4. The number of imide groups is 2. The fourth-order valence-corrected chi connectivity index (χ4v) is 6.07. The maximum Gasteiger partial charge on any atom is 0.338 e. The van der Waals surface area contributed by atoms with E-state index in [2.05, 4.69) is 52.5 Å². The molecule has 5 N–H and O–H groups in total. The second-order valence-electron chi connectivity index (χ2n) is 9.16. The van der Waals surface area contributed by atoms with Gasteiger partial charge in [-0.25, -0.2) is 14.7 Å². The number of aromatic nitrogens is 2. The van der Waals surface area contributed by atoms with Crippen LogP contribution in [0.3, 0.4) is 0 Å².